The van der Waals surface area contributed by atoms with Gasteiger partial charge in [-0.3, -0.25) is 4.79 Å². The van der Waals surface area contributed by atoms with Gasteiger partial charge in [0.25, 0.3) is 0 Å². The van der Waals surface area contributed by atoms with Crippen LogP contribution in [0.5, 0.6) is 0 Å². The molecule has 0 radical (unpaired) electrons. The monoisotopic (exact) mass is 192 g/mol. The summed E-state index contributed by atoms with van der Waals surface area (Å²) in [5.74, 6) is -1.11. The number of carboxylic acid groups (broad SMARTS) is 1. The Morgan fingerprint density at radius 2 is 1.79 bits per heavy atom. The van der Waals surface area contributed by atoms with Crippen molar-refractivity contribution in [3.63, 3.8) is 0 Å². The van der Waals surface area contributed by atoms with Crippen LogP contribution in [0.15, 0.2) is 18.2 Å². The van der Waals surface area contributed by atoms with Crippen molar-refractivity contribution in [3.05, 3.63) is 34.9 Å². The first-order valence-corrected chi connectivity index (χ1v) is 4.42. The second-order valence-electron chi connectivity index (χ2n) is 3.13. The molecule has 0 heterocycles. The van der Waals surface area contributed by atoms with Gasteiger partial charge in [-0.05, 0) is 37.1 Å². The molecule has 3 heteroatoms. The number of aryl methyl sites for hydroxylation is 1. The number of carbonyl (C=O) groups is 2. The molecule has 0 aromatic heterocycles. The first-order valence-electron chi connectivity index (χ1n) is 4.42. The molecular weight excluding hydrogens is 180 g/mol. The number of hydrogen-bond acceptors (Lipinski definition) is 2. The van der Waals surface area contributed by atoms with Crippen molar-refractivity contribution in [2.24, 2.45) is 0 Å². The van der Waals surface area contributed by atoms with Crippen LogP contribution in [0.4, 0.5) is 0 Å². The van der Waals surface area contributed by atoms with E-state index in [-0.39, 0.29) is 11.3 Å². The molecule has 0 atom stereocenters. The molecule has 0 bridgehead atoms. The molecule has 0 spiro atoms. The van der Waals surface area contributed by atoms with Gasteiger partial charge in [0.2, 0.25) is 0 Å². The maximum absolute atomic E-state index is 11.1. The first-order chi connectivity index (χ1) is 6.54. The minimum absolute atomic E-state index is 0.109. The van der Waals surface area contributed by atoms with Gasteiger partial charge in [0.15, 0.2) is 5.78 Å². The van der Waals surface area contributed by atoms with Crippen molar-refractivity contribution >= 4 is 11.8 Å². The van der Waals surface area contributed by atoms with Crippen molar-refractivity contribution in [2.75, 3.05) is 0 Å². The van der Waals surface area contributed by atoms with E-state index in [2.05, 4.69) is 0 Å². The fraction of sp³-hybridized carbons (Fsp3) is 0.273. The maximum Gasteiger partial charge on any atom is 0.335 e. The molecule has 74 valence electrons. The number of rotatable bonds is 3. The standard InChI is InChI=1S/C11H12O3/c1-3-8-4-9(7(2)12)6-10(5-8)11(13)14/h4-6H,3H2,1-2H3,(H,13,14). The maximum atomic E-state index is 11.1. The molecule has 3 nitrogen and oxygen atoms in total. The second kappa shape index (κ2) is 4.05. The number of carbonyl (C=O) groups excluding carboxylic acids is 1. The van der Waals surface area contributed by atoms with Gasteiger partial charge in [-0.15, -0.1) is 0 Å². The predicted molar refractivity (Wildman–Crippen MR) is 52.8 cm³/mol. The van der Waals surface area contributed by atoms with E-state index in [0.717, 1.165) is 12.0 Å². The van der Waals surface area contributed by atoms with Crippen molar-refractivity contribution in [3.8, 4) is 0 Å². The summed E-state index contributed by atoms with van der Waals surface area (Å²) >= 11 is 0. The number of aromatic carboxylic acids is 1. The highest BCUT2D eigenvalue weighted by atomic mass is 16.4. The van der Waals surface area contributed by atoms with Crippen LogP contribution in [0.3, 0.4) is 0 Å². The highest BCUT2D eigenvalue weighted by Crippen LogP contribution is 2.11. The fourth-order valence-electron chi connectivity index (χ4n) is 1.22. The molecule has 0 amide bonds. The van der Waals surface area contributed by atoms with Crippen molar-refractivity contribution in [1.29, 1.82) is 0 Å². The Balaban J connectivity index is 3.27. The zero-order valence-electron chi connectivity index (χ0n) is 8.20. The Hall–Kier alpha value is -1.64. The van der Waals surface area contributed by atoms with Crippen LogP contribution < -0.4 is 0 Å². The Morgan fingerprint density at radius 3 is 2.21 bits per heavy atom. The number of carboxylic acids is 1. The highest BCUT2D eigenvalue weighted by molar-refractivity contribution is 5.97. The lowest BCUT2D eigenvalue weighted by Crippen LogP contribution is -2.02. The van der Waals surface area contributed by atoms with Gasteiger partial charge in [-0.25, -0.2) is 4.79 Å². The van der Waals surface area contributed by atoms with Gasteiger partial charge in [-0.1, -0.05) is 6.92 Å². The molecule has 0 aliphatic rings. The van der Waals surface area contributed by atoms with E-state index in [1.807, 2.05) is 6.92 Å². The molecule has 0 aliphatic heterocycles. The van der Waals surface area contributed by atoms with E-state index in [4.69, 9.17) is 5.11 Å². The van der Waals surface area contributed by atoms with Crippen LogP contribution in [-0.4, -0.2) is 16.9 Å². The fourth-order valence-corrected chi connectivity index (χ4v) is 1.22. The summed E-state index contributed by atoms with van der Waals surface area (Å²) in [7, 11) is 0. The number of Topliss-reactive ketones (excluding diaryl/α,β-unsaturated/α-hetero) is 1. The Labute approximate surface area is 82.4 Å². The van der Waals surface area contributed by atoms with Crippen molar-refractivity contribution < 1.29 is 14.7 Å². The third-order valence-corrected chi connectivity index (χ3v) is 2.05. The predicted octanol–water partition coefficient (Wildman–Crippen LogP) is 2.15. The molecule has 0 aliphatic carbocycles. The summed E-state index contributed by atoms with van der Waals surface area (Å²) in [6, 6.07) is 4.73. The van der Waals surface area contributed by atoms with Crippen LogP contribution in [-0.2, 0) is 6.42 Å². The zero-order chi connectivity index (χ0) is 10.7. The Morgan fingerprint density at radius 1 is 1.21 bits per heavy atom. The largest absolute Gasteiger partial charge is 0.478 e. The summed E-state index contributed by atoms with van der Waals surface area (Å²) in [4.78, 5) is 21.8. The lowest BCUT2D eigenvalue weighted by atomic mass is 10.0. The van der Waals surface area contributed by atoms with Gasteiger partial charge in [0.05, 0.1) is 5.56 Å². The number of benzene rings is 1. The van der Waals surface area contributed by atoms with Crippen LogP contribution in [0.1, 0.15) is 40.1 Å². The average molecular weight is 192 g/mol. The van der Waals surface area contributed by atoms with Crippen molar-refractivity contribution in [2.45, 2.75) is 20.3 Å². The molecule has 1 aromatic carbocycles. The van der Waals surface area contributed by atoms with E-state index < -0.39 is 5.97 Å². The highest BCUT2D eigenvalue weighted by Gasteiger charge is 2.08. The summed E-state index contributed by atoms with van der Waals surface area (Å²) in [5, 5.41) is 8.80. The first kappa shape index (κ1) is 10.4. The average Bonchev–Trinajstić information content (AvgIpc) is 2.16. The van der Waals surface area contributed by atoms with Crippen LogP contribution in [0.25, 0.3) is 0 Å². The van der Waals surface area contributed by atoms with Gasteiger partial charge in [-0.2, -0.15) is 0 Å². The molecule has 0 saturated heterocycles. The molecule has 1 N–H and O–H groups in total. The second-order valence-corrected chi connectivity index (χ2v) is 3.13. The lowest BCUT2D eigenvalue weighted by molar-refractivity contribution is 0.0696. The number of ketones is 1. The Bertz CT molecular complexity index is 348. The summed E-state index contributed by atoms with van der Waals surface area (Å²) < 4.78 is 0. The minimum Gasteiger partial charge on any atom is -0.478 e. The van der Waals surface area contributed by atoms with Gasteiger partial charge >= 0.3 is 5.97 Å². The zero-order valence-corrected chi connectivity index (χ0v) is 8.20. The molecular formula is C11H12O3. The normalized spacial score (nSPS) is 9.86. The topological polar surface area (TPSA) is 54.4 Å². The smallest absolute Gasteiger partial charge is 0.335 e. The van der Waals surface area contributed by atoms with Gasteiger partial charge < -0.3 is 5.11 Å². The number of hydrogen-bond donors (Lipinski definition) is 1. The summed E-state index contributed by atoms with van der Waals surface area (Å²) in [5.41, 5.74) is 1.51. The Kier molecular flexibility index (Phi) is 3.02. The molecule has 14 heavy (non-hydrogen) atoms. The van der Waals surface area contributed by atoms with Crippen molar-refractivity contribution in [1.82, 2.24) is 0 Å². The van der Waals surface area contributed by atoms with Gasteiger partial charge in [0, 0.05) is 5.56 Å². The van der Waals surface area contributed by atoms with E-state index in [9.17, 15) is 9.59 Å². The lowest BCUT2D eigenvalue weighted by Gasteiger charge is -2.03. The quantitative estimate of drug-likeness (QED) is 0.746. The third-order valence-electron chi connectivity index (χ3n) is 2.05. The van der Waals surface area contributed by atoms with Crippen LogP contribution >= 0.6 is 0 Å². The molecule has 0 saturated carbocycles. The van der Waals surface area contributed by atoms with Gasteiger partial charge in [0.1, 0.15) is 0 Å². The third kappa shape index (κ3) is 2.19. The SMILES string of the molecule is CCc1cc(C(C)=O)cc(C(=O)O)c1. The molecule has 1 rings (SSSR count). The molecule has 0 unspecified atom stereocenters. The van der Waals surface area contributed by atoms with E-state index in [1.54, 1.807) is 12.1 Å². The minimum atomic E-state index is -0.997. The van der Waals surface area contributed by atoms with E-state index >= 15 is 0 Å². The molecule has 0 fully saturated rings. The summed E-state index contributed by atoms with van der Waals surface area (Å²) in [6.45, 7) is 3.35. The van der Waals surface area contributed by atoms with Crippen LogP contribution in [0, 0.1) is 0 Å². The van der Waals surface area contributed by atoms with Crippen LogP contribution in [0.2, 0.25) is 0 Å². The molecule has 1 aromatic rings. The van der Waals surface area contributed by atoms with E-state index in [1.165, 1.54) is 13.0 Å². The van der Waals surface area contributed by atoms with E-state index in [0.29, 0.717) is 5.56 Å². The summed E-state index contributed by atoms with van der Waals surface area (Å²) in [6.07, 6.45) is 0.724.